The van der Waals surface area contributed by atoms with Crippen molar-refractivity contribution < 1.29 is 9.15 Å². The Balaban J connectivity index is 0.00000289. The molecule has 2 N–H and O–H groups in total. The number of hydrogen-bond donors (Lipinski definition) is 2. The van der Waals surface area contributed by atoms with Crippen LogP contribution in [-0.2, 0) is 6.54 Å². The summed E-state index contributed by atoms with van der Waals surface area (Å²) in [5.74, 6) is 3.03. The van der Waals surface area contributed by atoms with E-state index in [2.05, 4.69) is 50.6 Å². The first kappa shape index (κ1) is 23.9. The Kier molecular flexibility index (Phi) is 8.38. The van der Waals surface area contributed by atoms with Crippen LogP contribution in [0.1, 0.15) is 17.9 Å². The number of benzene rings is 2. The molecule has 1 aliphatic heterocycles. The molecule has 1 saturated heterocycles. The molecule has 1 aromatic heterocycles. The van der Waals surface area contributed by atoms with Gasteiger partial charge in [0, 0.05) is 31.7 Å². The number of aryl methyl sites for hydroxylation is 1. The summed E-state index contributed by atoms with van der Waals surface area (Å²) >= 11 is 0. The van der Waals surface area contributed by atoms with Gasteiger partial charge in [0.15, 0.2) is 11.7 Å². The van der Waals surface area contributed by atoms with E-state index in [0.29, 0.717) is 18.5 Å². The second-order valence-electron chi connectivity index (χ2n) is 7.66. The van der Waals surface area contributed by atoms with Crippen molar-refractivity contribution in [3.05, 3.63) is 66.2 Å². The first-order valence-corrected chi connectivity index (χ1v) is 10.5. The number of guanidine groups is 1. The third-order valence-corrected chi connectivity index (χ3v) is 5.48. The summed E-state index contributed by atoms with van der Waals surface area (Å²) in [6.45, 7) is 4.39. The number of rotatable bonds is 6. The van der Waals surface area contributed by atoms with Crippen LogP contribution in [0.5, 0.6) is 5.75 Å². The van der Waals surface area contributed by atoms with Gasteiger partial charge in [-0.05, 0) is 25.5 Å². The molecule has 2 aromatic carbocycles. The van der Waals surface area contributed by atoms with Gasteiger partial charge in [-0.15, -0.1) is 24.0 Å². The number of anilines is 1. The van der Waals surface area contributed by atoms with Crippen LogP contribution in [0.15, 0.2) is 64.1 Å². The number of nitrogens with one attached hydrogen (secondary N) is 2. The summed E-state index contributed by atoms with van der Waals surface area (Å²) < 4.78 is 11.4. The lowest BCUT2D eigenvalue weighted by molar-refractivity contribution is 0.415. The molecular formula is C24H30IN5O2. The van der Waals surface area contributed by atoms with Crippen LogP contribution in [0.25, 0.3) is 11.3 Å². The Morgan fingerprint density at radius 1 is 1.22 bits per heavy atom. The van der Waals surface area contributed by atoms with Crippen LogP contribution in [0.3, 0.4) is 0 Å². The van der Waals surface area contributed by atoms with Crippen LogP contribution in [0.2, 0.25) is 0 Å². The van der Waals surface area contributed by atoms with Crippen molar-refractivity contribution in [2.45, 2.75) is 25.9 Å². The van der Waals surface area contributed by atoms with Gasteiger partial charge in [0.1, 0.15) is 5.75 Å². The second-order valence-corrected chi connectivity index (χ2v) is 7.66. The fourth-order valence-corrected chi connectivity index (χ4v) is 3.78. The molecule has 8 heteroatoms. The molecule has 0 amide bonds. The van der Waals surface area contributed by atoms with Crippen LogP contribution in [-0.4, -0.2) is 44.2 Å². The Hall–Kier alpha value is -2.75. The van der Waals surface area contributed by atoms with Crippen molar-refractivity contribution in [3.63, 3.8) is 0 Å². The summed E-state index contributed by atoms with van der Waals surface area (Å²) in [7, 11) is 3.49. The summed E-state index contributed by atoms with van der Waals surface area (Å²) in [5.41, 5.74) is 3.37. The number of oxazole rings is 1. The molecule has 1 unspecified atom stereocenters. The number of halogens is 1. The van der Waals surface area contributed by atoms with Gasteiger partial charge in [-0.25, -0.2) is 4.98 Å². The molecule has 3 aromatic rings. The predicted octanol–water partition coefficient (Wildman–Crippen LogP) is 4.22. The SMILES string of the molecule is CN=C(NCc1ncc(-c2ccc(C)cc2)o1)NC1CCN(c2ccccc2OC)C1.I. The molecule has 0 spiro atoms. The van der Waals surface area contributed by atoms with Gasteiger partial charge in [0.2, 0.25) is 5.89 Å². The highest BCUT2D eigenvalue weighted by molar-refractivity contribution is 14.0. The maximum absolute atomic E-state index is 5.90. The lowest BCUT2D eigenvalue weighted by Gasteiger charge is -2.22. The molecule has 0 aliphatic carbocycles. The monoisotopic (exact) mass is 547 g/mol. The van der Waals surface area contributed by atoms with Gasteiger partial charge in [-0.3, -0.25) is 4.99 Å². The summed E-state index contributed by atoms with van der Waals surface area (Å²) in [6.07, 6.45) is 2.79. The molecule has 0 radical (unpaired) electrons. The fourth-order valence-electron chi connectivity index (χ4n) is 3.78. The van der Waals surface area contributed by atoms with Crippen molar-refractivity contribution in [1.82, 2.24) is 15.6 Å². The molecule has 2 heterocycles. The Morgan fingerprint density at radius 2 is 2.00 bits per heavy atom. The predicted molar refractivity (Wildman–Crippen MR) is 139 cm³/mol. The standard InChI is InChI=1S/C24H29N5O2.HI/c1-17-8-10-18(11-9-17)22-14-26-23(31-22)15-27-24(25-2)28-19-12-13-29(16-19)20-6-4-5-7-21(20)30-3;/h4-11,14,19H,12-13,15-16H2,1-3H3,(H2,25,27,28);1H. The highest BCUT2D eigenvalue weighted by Gasteiger charge is 2.25. The van der Waals surface area contributed by atoms with E-state index < -0.39 is 0 Å². The van der Waals surface area contributed by atoms with E-state index in [1.54, 1.807) is 20.4 Å². The average molecular weight is 547 g/mol. The summed E-state index contributed by atoms with van der Waals surface area (Å²) in [6, 6.07) is 16.6. The number of hydrogen-bond acceptors (Lipinski definition) is 5. The van der Waals surface area contributed by atoms with E-state index in [9.17, 15) is 0 Å². The molecule has 0 saturated carbocycles. The number of ether oxygens (including phenoxy) is 1. The smallest absolute Gasteiger partial charge is 0.214 e. The van der Waals surface area contributed by atoms with Gasteiger partial charge >= 0.3 is 0 Å². The van der Waals surface area contributed by atoms with Crippen LogP contribution < -0.4 is 20.3 Å². The number of aromatic nitrogens is 1. The topological polar surface area (TPSA) is 74.9 Å². The van der Waals surface area contributed by atoms with Crippen molar-refractivity contribution in [2.24, 2.45) is 4.99 Å². The van der Waals surface area contributed by atoms with Crippen molar-refractivity contribution >= 4 is 35.6 Å². The summed E-state index contributed by atoms with van der Waals surface area (Å²) in [4.78, 5) is 11.1. The summed E-state index contributed by atoms with van der Waals surface area (Å²) in [5, 5.41) is 6.81. The van der Waals surface area contributed by atoms with Gasteiger partial charge in [0.05, 0.1) is 25.5 Å². The minimum atomic E-state index is 0. The third-order valence-electron chi connectivity index (χ3n) is 5.48. The lowest BCUT2D eigenvalue weighted by Crippen LogP contribution is -2.44. The van der Waals surface area contributed by atoms with Gasteiger partial charge in [0.25, 0.3) is 0 Å². The van der Waals surface area contributed by atoms with Crippen molar-refractivity contribution in [2.75, 3.05) is 32.1 Å². The van der Waals surface area contributed by atoms with E-state index in [0.717, 1.165) is 48.2 Å². The Labute approximate surface area is 206 Å². The maximum atomic E-state index is 5.90. The van der Waals surface area contributed by atoms with E-state index >= 15 is 0 Å². The normalized spacial score (nSPS) is 15.9. The van der Waals surface area contributed by atoms with E-state index in [-0.39, 0.29) is 24.0 Å². The largest absolute Gasteiger partial charge is 0.495 e. The molecule has 4 rings (SSSR count). The molecule has 1 aliphatic rings. The first-order valence-electron chi connectivity index (χ1n) is 10.5. The average Bonchev–Trinajstić information content (AvgIpc) is 3.47. The number of nitrogens with zero attached hydrogens (tertiary/aromatic N) is 3. The van der Waals surface area contributed by atoms with Crippen LogP contribution in [0, 0.1) is 6.92 Å². The zero-order valence-electron chi connectivity index (χ0n) is 18.7. The molecule has 1 fully saturated rings. The minimum absolute atomic E-state index is 0. The van der Waals surface area contributed by atoms with Crippen molar-refractivity contribution in [3.8, 4) is 17.1 Å². The van der Waals surface area contributed by atoms with Crippen LogP contribution in [0.4, 0.5) is 5.69 Å². The van der Waals surface area contributed by atoms with E-state index in [4.69, 9.17) is 9.15 Å². The van der Waals surface area contributed by atoms with Crippen LogP contribution >= 0.6 is 24.0 Å². The van der Waals surface area contributed by atoms with E-state index in [1.165, 1.54) is 5.56 Å². The molecule has 7 nitrogen and oxygen atoms in total. The zero-order valence-corrected chi connectivity index (χ0v) is 21.0. The first-order chi connectivity index (χ1) is 15.2. The molecule has 32 heavy (non-hydrogen) atoms. The lowest BCUT2D eigenvalue weighted by atomic mass is 10.1. The number of aliphatic imine (C=N–C) groups is 1. The molecular weight excluding hydrogens is 517 g/mol. The fraction of sp³-hybridized carbons (Fsp3) is 0.333. The molecule has 0 bridgehead atoms. The quantitative estimate of drug-likeness (QED) is 0.274. The van der Waals surface area contributed by atoms with Gasteiger partial charge in [-0.1, -0.05) is 42.0 Å². The van der Waals surface area contributed by atoms with E-state index in [1.807, 2.05) is 30.3 Å². The number of para-hydroxylation sites is 2. The Morgan fingerprint density at radius 3 is 2.75 bits per heavy atom. The second kappa shape index (κ2) is 11.2. The Bertz CT molecular complexity index is 1030. The molecule has 1 atom stereocenters. The highest BCUT2D eigenvalue weighted by atomic mass is 127. The third kappa shape index (κ3) is 5.73. The van der Waals surface area contributed by atoms with Gasteiger partial charge < -0.3 is 24.7 Å². The number of methoxy groups -OCH3 is 1. The minimum Gasteiger partial charge on any atom is -0.495 e. The van der Waals surface area contributed by atoms with Gasteiger partial charge in [-0.2, -0.15) is 0 Å². The molecule has 170 valence electrons. The zero-order chi connectivity index (χ0) is 21.6. The van der Waals surface area contributed by atoms with Crippen molar-refractivity contribution in [1.29, 1.82) is 0 Å². The highest BCUT2D eigenvalue weighted by Crippen LogP contribution is 2.30. The maximum Gasteiger partial charge on any atom is 0.214 e.